The molecule has 0 bridgehead atoms. The monoisotopic (exact) mass is 281 g/mol. The summed E-state index contributed by atoms with van der Waals surface area (Å²) in [7, 11) is 0. The van der Waals surface area contributed by atoms with Crippen LogP contribution in [0.5, 0.6) is 0 Å². The van der Waals surface area contributed by atoms with Crippen LogP contribution in [0.25, 0.3) is 0 Å². The smallest absolute Gasteiger partial charge is 0.164 e. The molecule has 12 heavy (non-hydrogen) atoms. The summed E-state index contributed by atoms with van der Waals surface area (Å²) < 4.78 is 6.21. The predicted molar refractivity (Wildman–Crippen MR) is 54.8 cm³/mol. The number of furan rings is 1. The van der Waals surface area contributed by atoms with Gasteiger partial charge in [0.1, 0.15) is 5.76 Å². The van der Waals surface area contributed by atoms with Gasteiger partial charge in [-0.3, -0.25) is 0 Å². The standard InChI is InChI=1S/C8H12INO2/c1-6(5-11)10-4-7-2-3-8(9)12-7/h2-3,6,10-11H,4-5H2,1H3/t6-/m1/s1. The second-order valence-electron chi connectivity index (χ2n) is 2.67. The average molecular weight is 281 g/mol. The molecule has 0 spiro atoms. The first-order valence-electron chi connectivity index (χ1n) is 3.81. The topological polar surface area (TPSA) is 45.4 Å². The molecule has 0 radical (unpaired) electrons. The van der Waals surface area contributed by atoms with Crippen LogP contribution < -0.4 is 5.32 Å². The van der Waals surface area contributed by atoms with E-state index in [1.54, 1.807) is 0 Å². The van der Waals surface area contributed by atoms with E-state index in [-0.39, 0.29) is 12.6 Å². The van der Waals surface area contributed by atoms with Crippen LogP contribution in [-0.4, -0.2) is 17.8 Å². The van der Waals surface area contributed by atoms with Gasteiger partial charge in [0.25, 0.3) is 0 Å². The maximum absolute atomic E-state index is 8.72. The molecule has 0 aliphatic rings. The summed E-state index contributed by atoms with van der Waals surface area (Å²) in [5, 5.41) is 11.8. The van der Waals surface area contributed by atoms with Gasteiger partial charge >= 0.3 is 0 Å². The van der Waals surface area contributed by atoms with Crippen molar-refractivity contribution in [3.05, 3.63) is 21.7 Å². The lowest BCUT2D eigenvalue weighted by Gasteiger charge is -2.07. The highest BCUT2D eigenvalue weighted by molar-refractivity contribution is 14.1. The van der Waals surface area contributed by atoms with E-state index in [9.17, 15) is 0 Å². The molecule has 2 N–H and O–H groups in total. The molecule has 68 valence electrons. The zero-order valence-electron chi connectivity index (χ0n) is 6.88. The molecule has 0 aromatic carbocycles. The van der Waals surface area contributed by atoms with Gasteiger partial charge in [0.2, 0.25) is 0 Å². The average Bonchev–Trinajstić information content (AvgIpc) is 2.47. The number of hydrogen-bond donors (Lipinski definition) is 2. The molecule has 0 fully saturated rings. The first-order valence-corrected chi connectivity index (χ1v) is 4.88. The van der Waals surface area contributed by atoms with Crippen LogP contribution in [-0.2, 0) is 6.54 Å². The summed E-state index contributed by atoms with van der Waals surface area (Å²) in [6.45, 7) is 2.75. The number of aliphatic hydroxyl groups excluding tert-OH is 1. The van der Waals surface area contributed by atoms with Gasteiger partial charge in [-0.1, -0.05) is 0 Å². The molecular weight excluding hydrogens is 269 g/mol. The quantitative estimate of drug-likeness (QED) is 0.819. The fraction of sp³-hybridized carbons (Fsp3) is 0.500. The Hall–Kier alpha value is -0.0700. The van der Waals surface area contributed by atoms with Gasteiger partial charge in [0.05, 0.1) is 13.2 Å². The van der Waals surface area contributed by atoms with E-state index in [1.807, 2.05) is 19.1 Å². The van der Waals surface area contributed by atoms with Crippen molar-refractivity contribution in [3.63, 3.8) is 0 Å². The Kier molecular flexibility index (Phi) is 4.03. The highest BCUT2D eigenvalue weighted by atomic mass is 127. The van der Waals surface area contributed by atoms with E-state index in [2.05, 4.69) is 27.9 Å². The second kappa shape index (κ2) is 4.84. The zero-order valence-corrected chi connectivity index (χ0v) is 9.04. The van der Waals surface area contributed by atoms with Crippen molar-refractivity contribution >= 4 is 22.6 Å². The zero-order chi connectivity index (χ0) is 8.97. The molecular formula is C8H12INO2. The first-order chi connectivity index (χ1) is 5.72. The van der Waals surface area contributed by atoms with Gasteiger partial charge in [-0.25, -0.2) is 0 Å². The Labute approximate surface area is 85.3 Å². The van der Waals surface area contributed by atoms with Gasteiger partial charge in [0.15, 0.2) is 3.77 Å². The number of hydrogen-bond acceptors (Lipinski definition) is 3. The Balaban J connectivity index is 2.33. The first kappa shape index (κ1) is 10.0. The maximum atomic E-state index is 8.72. The van der Waals surface area contributed by atoms with Crippen LogP contribution in [0.2, 0.25) is 0 Å². The molecule has 1 rings (SSSR count). The van der Waals surface area contributed by atoms with E-state index >= 15 is 0 Å². The van der Waals surface area contributed by atoms with Crippen molar-refractivity contribution in [1.29, 1.82) is 0 Å². The molecule has 1 aromatic rings. The number of nitrogens with one attached hydrogen (secondary N) is 1. The van der Waals surface area contributed by atoms with Gasteiger partial charge < -0.3 is 14.8 Å². The SMILES string of the molecule is C[C@H](CO)NCc1ccc(I)o1. The van der Waals surface area contributed by atoms with Crippen LogP contribution in [0, 0.1) is 3.77 Å². The van der Waals surface area contributed by atoms with Crippen molar-refractivity contribution < 1.29 is 9.52 Å². The van der Waals surface area contributed by atoms with Gasteiger partial charge in [-0.05, 0) is 41.6 Å². The van der Waals surface area contributed by atoms with E-state index in [1.165, 1.54) is 0 Å². The lowest BCUT2D eigenvalue weighted by Crippen LogP contribution is -2.28. The predicted octanol–water partition coefficient (Wildman–Crippen LogP) is 1.35. The maximum Gasteiger partial charge on any atom is 0.164 e. The summed E-state index contributed by atoms with van der Waals surface area (Å²) >= 11 is 2.12. The van der Waals surface area contributed by atoms with E-state index in [0.717, 1.165) is 9.53 Å². The Morgan fingerprint density at radius 1 is 1.67 bits per heavy atom. The van der Waals surface area contributed by atoms with Gasteiger partial charge in [-0.2, -0.15) is 0 Å². The highest BCUT2D eigenvalue weighted by Crippen LogP contribution is 2.09. The largest absolute Gasteiger partial charge is 0.454 e. The van der Waals surface area contributed by atoms with Crippen molar-refractivity contribution in [2.75, 3.05) is 6.61 Å². The Morgan fingerprint density at radius 3 is 2.92 bits per heavy atom. The minimum atomic E-state index is 0.118. The molecule has 4 heteroatoms. The molecule has 1 heterocycles. The number of aliphatic hydroxyl groups is 1. The third kappa shape index (κ3) is 3.12. The summed E-state index contributed by atoms with van der Waals surface area (Å²) in [5.74, 6) is 0.903. The lowest BCUT2D eigenvalue weighted by molar-refractivity contribution is 0.248. The van der Waals surface area contributed by atoms with Crippen LogP contribution in [0.1, 0.15) is 12.7 Å². The van der Waals surface area contributed by atoms with E-state index < -0.39 is 0 Å². The van der Waals surface area contributed by atoms with Crippen molar-refractivity contribution in [1.82, 2.24) is 5.32 Å². The summed E-state index contributed by atoms with van der Waals surface area (Å²) in [4.78, 5) is 0. The van der Waals surface area contributed by atoms with E-state index in [4.69, 9.17) is 9.52 Å². The van der Waals surface area contributed by atoms with Crippen molar-refractivity contribution in [2.24, 2.45) is 0 Å². The fourth-order valence-corrected chi connectivity index (χ4v) is 1.25. The molecule has 0 aliphatic heterocycles. The van der Waals surface area contributed by atoms with Crippen LogP contribution in [0.4, 0.5) is 0 Å². The molecule has 0 aliphatic carbocycles. The molecule has 0 unspecified atom stereocenters. The molecule has 0 saturated heterocycles. The lowest BCUT2D eigenvalue weighted by atomic mass is 10.3. The van der Waals surface area contributed by atoms with Crippen molar-refractivity contribution in [2.45, 2.75) is 19.5 Å². The highest BCUT2D eigenvalue weighted by Gasteiger charge is 2.01. The normalized spacial score (nSPS) is 13.2. The molecule has 1 atom stereocenters. The number of rotatable bonds is 4. The molecule has 0 amide bonds. The van der Waals surface area contributed by atoms with Crippen LogP contribution >= 0.6 is 22.6 Å². The van der Waals surface area contributed by atoms with Crippen molar-refractivity contribution in [3.8, 4) is 0 Å². The fourth-order valence-electron chi connectivity index (χ4n) is 0.786. The van der Waals surface area contributed by atoms with Gasteiger partial charge in [0, 0.05) is 6.04 Å². The summed E-state index contributed by atoms with van der Waals surface area (Å²) in [5.41, 5.74) is 0. The summed E-state index contributed by atoms with van der Waals surface area (Å²) in [6, 6.07) is 3.97. The van der Waals surface area contributed by atoms with Gasteiger partial charge in [-0.15, -0.1) is 0 Å². The van der Waals surface area contributed by atoms with Crippen LogP contribution in [0.15, 0.2) is 16.5 Å². The molecule has 0 saturated carbocycles. The Morgan fingerprint density at radius 2 is 2.42 bits per heavy atom. The van der Waals surface area contributed by atoms with Crippen LogP contribution in [0.3, 0.4) is 0 Å². The Bertz CT molecular complexity index is 237. The third-order valence-electron chi connectivity index (χ3n) is 1.53. The van der Waals surface area contributed by atoms with E-state index in [0.29, 0.717) is 6.54 Å². The minimum Gasteiger partial charge on any atom is -0.454 e. The summed E-state index contributed by atoms with van der Waals surface area (Å²) in [6.07, 6.45) is 0. The third-order valence-corrected chi connectivity index (χ3v) is 2.11. The second-order valence-corrected chi connectivity index (χ2v) is 3.73. The number of halogens is 1. The molecule has 3 nitrogen and oxygen atoms in total. The minimum absolute atomic E-state index is 0.118. The molecule has 1 aromatic heterocycles.